The maximum atomic E-state index is 10.9. The molecule has 5 rings (SSSR count). The highest BCUT2D eigenvalue weighted by molar-refractivity contribution is 6.04. The number of hydrazone groups is 1. The molecule has 7 nitrogen and oxygen atoms in total. The second kappa shape index (κ2) is 10.5. The Kier molecular flexibility index (Phi) is 6.76. The van der Waals surface area contributed by atoms with Gasteiger partial charge in [-0.15, -0.1) is 0 Å². The molecule has 0 radical (unpaired) electrons. The van der Waals surface area contributed by atoms with Crippen LogP contribution in [-0.2, 0) is 0 Å². The average Bonchev–Trinajstić information content (AvgIpc) is 3.38. The van der Waals surface area contributed by atoms with Crippen LogP contribution in [0.25, 0.3) is 0 Å². The van der Waals surface area contributed by atoms with Gasteiger partial charge in [0.25, 0.3) is 5.69 Å². The summed E-state index contributed by atoms with van der Waals surface area (Å²) in [5, 5.41) is 18.0. The van der Waals surface area contributed by atoms with Gasteiger partial charge in [-0.1, -0.05) is 42.5 Å². The van der Waals surface area contributed by atoms with Gasteiger partial charge in [-0.3, -0.25) is 20.1 Å². The van der Waals surface area contributed by atoms with E-state index in [-0.39, 0.29) is 11.7 Å². The van der Waals surface area contributed by atoms with E-state index < -0.39 is 4.92 Å². The number of nitro benzene ring substituents is 1. The van der Waals surface area contributed by atoms with E-state index in [1.54, 1.807) is 18.3 Å². The highest BCUT2D eigenvalue weighted by Gasteiger charge is 2.30. The van der Waals surface area contributed by atoms with Crippen LogP contribution in [0.5, 0.6) is 0 Å². The highest BCUT2D eigenvalue weighted by Crippen LogP contribution is 2.37. The molecule has 37 heavy (non-hydrogen) atoms. The zero-order valence-electron chi connectivity index (χ0n) is 20.7. The normalized spacial score (nSPS) is 15.1. The number of rotatable bonds is 7. The first-order valence-corrected chi connectivity index (χ1v) is 12.1. The quantitative estimate of drug-likeness (QED) is 0.163. The van der Waals surface area contributed by atoms with E-state index in [0.717, 1.165) is 40.3 Å². The summed E-state index contributed by atoms with van der Waals surface area (Å²) in [7, 11) is 4.08. The van der Waals surface area contributed by atoms with Gasteiger partial charge in [0.2, 0.25) is 0 Å². The molecule has 4 aromatic carbocycles. The van der Waals surface area contributed by atoms with E-state index in [4.69, 9.17) is 5.10 Å². The van der Waals surface area contributed by atoms with Gasteiger partial charge in [0.05, 0.1) is 28.1 Å². The Bertz CT molecular complexity index is 1450. The zero-order valence-corrected chi connectivity index (χ0v) is 20.7. The summed E-state index contributed by atoms with van der Waals surface area (Å²) in [5.74, 6) is 0. The van der Waals surface area contributed by atoms with Crippen molar-refractivity contribution in [3.05, 3.63) is 130 Å². The maximum absolute atomic E-state index is 10.9. The monoisotopic (exact) mass is 489 g/mol. The first kappa shape index (κ1) is 23.9. The Morgan fingerprint density at radius 2 is 1.68 bits per heavy atom. The number of anilines is 2. The van der Waals surface area contributed by atoms with E-state index >= 15 is 0 Å². The molecule has 1 unspecified atom stereocenters. The van der Waals surface area contributed by atoms with E-state index in [9.17, 15) is 10.1 Å². The molecular weight excluding hydrogens is 462 g/mol. The largest absolute Gasteiger partial charge is 0.378 e. The topological polar surface area (TPSA) is 74.3 Å². The van der Waals surface area contributed by atoms with Crippen LogP contribution in [0.2, 0.25) is 0 Å². The minimum Gasteiger partial charge on any atom is -0.378 e. The molecule has 0 saturated heterocycles. The molecule has 1 atom stereocenters. The number of para-hydroxylation sites is 1. The fourth-order valence-corrected chi connectivity index (χ4v) is 4.35. The van der Waals surface area contributed by atoms with Crippen molar-refractivity contribution in [1.29, 1.82) is 0 Å². The summed E-state index contributed by atoms with van der Waals surface area (Å²) in [4.78, 5) is 17.2. The van der Waals surface area contributed by atoms with Crippen molar-refractivity contribution in [2.24, 2.45) is 10.1 Å². The van der Waals surface area contributed by atoms with Crippen molar-refractivity contribution in [2.75, 3.05) is 24.0 Å². The van der Waals surface area contributed by atoms with Crippen LogP contribution in [0.1, 0.15) is 29.2 Å². The molecule has 1 heterocycles. The van der Waals surface area contributed by atoms with Gasteiger partial charge in [0, 0.05) is 44.6 Å². The van der Waals surface area contributed by atoms with Gasteiger partial charge < -0.3 is 4.90 Å². The molecule has 0 aromatic heterocycles. The van der Waals surface area contributed by atoms with Gasteiger partial charge in [-0.2, -0.15) is 5.10 Å². The zero-order chi connectivity index (χ0) is 25.8. The number of nitrogens with zero attached hydrogens (tertiary/aromatic N) is 5. The molecule has 0 spiro atoms. The van der Waals surface area contributed by atoms with Crippen molar-refractivity contribution in [1.82, 2.24) is 0 Å². The summed E-state index contributed by atoms with van der Waals surface area (Å²) >= 11 is 0. The summed E-state index contributed by atoms with van der Waals surface area (Å²) < 4.78 is 0. The minimum absolute atomic E-state index is 0.0623. The summed E-state index contributed by atoms with van der Waals surface area (Å²) in [6.07, 6.45) is 2.48. The molecule has 0 fully saturated rings. The Labute approximate surface area is 216 Å². The van der Waals surface area contributed by atoms with Gasteiger partial charge in [-0.05, 0) is 65.2 Å². The number of aliphatic imine (C=N–C) groups is 1. The first-order valence-electron chi connectivity index (χ1n) is 12.1. The number of hydrogen-bond donors (Lipinski definition) is 0. The Morgan fingerprint density at radius 3 is 2.35 bits per heavy atom. The third-order valence-electron chi connectivity index (χ3n) is 6.37. The van der Waals surface area contributed by atoms with E-state index in [2.05, 4.69) is 57.4 Å². The lowest BCUT2D eigenvalue weighted by molar-refractivity contribution is -0.384. The predicted octanol–water partition coefficient (Wildman–Crippen LogP) is 6.77. The summed E-state index contributed by atoms with van der Waals surface area (Å²) in [6, 6.07) is 33.3. The smallest absolute Gasteiger partial charge is 0.269 e. The third-order valence-corrected chi connectivity index (χ3v) is 6.37. The molecule has 0 saturated carbocycles. The first-order chi connectivity index (χ1) is 18.0. The SMILES string of the molecule is CN(C)c1ccc(C2CC(c3cccc(N=Cc4ccc([N+](=O)[O-])cc4)c3)=NN2c2ccccc2)cc1. The lowest BCUT2D eigenvalue weighted by Gasteiger charge is -2.24. The third kappa shape index (κ3) is 5.41. The van der Waals surface area contributed by atoms with Gasteiger partial charge in [-0.25, -0.2) is 0 Å². The van der Waals surface area contributed by atoms with E-state index in [1.165, 1.54) is 17.7 Å². The number of non-ortho nitro benzene ring substituents is 1. The van der Waals surface area contributed by atoms with Crippen LogP contribution in [0.4, 0.5) is 22.7 Å². The molecule has 1 aliphatic heterocycles. The van der Waals surface area contributed by atoms with Crippen LogP contribution in [0.3, 0.4) is 0 Å². The fourth-order valence-electron chi connectivity index (χ4n) is 4.35. The molecule has 0 bridgehead atoms. The second-order valence-electron chi connectivity index (χ2n) is 9.09. The summed E-state index contributed by atoms with van der Waals surface area (Å²) in [5.41, 5.74) is 7.09. The van der Waals surface area contributed by atoms with Crippen molar-refractivity contribution < 1.29 is 4.92 Å². The fraction of sp³-hybridized carbons (Fsp3) is 0.133. The molecule has 184 valence electrons. The van der Waals surface area contributed by atoms with E-state index in [0.29, 0.717) is 0 Å². The van der Waals surface area contributed by atoms with Crippen LogP contribution in [0, 0.1) is 10.1 Å². The second-order valence-corrected chi connectivity index (χ2v) is 9.09. The van der Waals surface area contributed by atoms with E-state index in [1.807, 2.05) is 50.5 Å². The standard InChI is InChI=1S/C30H27N5O2/c1-33(2)26-17-13-23(14-18-26)30-20-29(32-34(30)27-9-4-3-5-10-27)24-7-6-8-25(19-24)31-21-22-11-15-28(16-12-22)35(36)37/h3-19,21,30H,20H2,1-2H3. The Balaban J connectivity index is 1.42. The van der Waals surface area contributed by atoms with Gasteiger partial charge >= 0.3 is 0 Å². The van der Waals surface area contributed by atoms with Crippen LogP contribution < -0.4 is 9.91 Å². The average molecular weight is 490 g/mol. The number of hydrogen-bond acceptors (Lipinski definition) is 6. The lowest BCUT2D eigenvalue weighted by atomic mass is 9.97. The molecule has 0 amide bonds. The van der Waals surface area contributed by atoms with Crippen LogP contribution in [0.15, 0.2) is 113 Å². The molecular formula is C30H27N5O2. The number of benzene rings is 4. The van der Waals surface area contributed by atoms with Gasteiger partial charge in [0.15, 0.2) is 0 Å². The predicted molar refractivity (Wildman–Crippen MR) is 150 cm³/mol. The molecule has 0 N–H and O–H groups in total. The van der Waals surface area contributed by atoms with Crippen LogP contribution >= 0.6 is 0 Å². The lowest BCUT2D eigenvalue weighted by Crippen LogP contribution is -2.18. The Hall–Kier alpha value is -4.78. The highest BCUT2D eigenvalue weighted by atomic mass is 16.6. The molecule has 1 aliphatic rings. The summed E-state index contributed by atoms with van der Waals surface area (Å²) in [6.45, 7) is 0. The molecule has 4 aromatic rings. The molecule has 7 heteroatoms. The Morgan fingerprint density at radius 1 is 0.946 bits per heavy atom. The molecule has 0 aliphatic carbocycles. The van der Waals surface area contributed by atoms with Crippen molar-refractivity contribution in [2.45, 2.75) is 12.5 Å². The van der Waals surface area contributed by atoms with Crippen molar-refractivity contribution >= 4 is 34.7 Å². The van der Waals surface area contributed by atoms with Crippen molar-refractivity contribution in [3.63, 3.8) is 0 Å². The van der Waals surface area contributed by atoms with Crippen molar-refractivity contribution in [3.8, 4) is 0 Å². The maximum Gasteiger partial charge on any atom is 0.269 e. The van der Waals surface area contributed by atoms with Crippen LogP contribution in [-0.4, -0.2) is 30.9 Å². The number of nitro groups is 1. The van der Waals surface area contributed by atoms with Gasteiger partial charge in [0.1, 0.15) is 0 Å². The minimum atomic E-state index is -0.407.